The Bertz CT molecular complexity index is 4010. The number of aliphatic imine (C=N–C) groups is 3. The molecular weight excluding hydrogens is 1380 g/mol. The molecule has 6 atom stereocenters. The lowest BCUT2D eigenvalue weighted by Gasteiger charge is -2.46. The lowest BCUT2D eigenvalue weighted by molar-refractivity contribution is -0.139. The number of rotatable bonds is 6. The van der Waals surface area contributed by atoms with Gasteiger partial charge in [0.1, 0.15) is 51.3 Å². The standard InChI is InChI=1S/2C23H24ClN3O4.C16H18BrN3O3.C7H8BClO3/c2*1-27-20(28)23(26-21(27)25)12-22(6-3-7-30-13-22)31-19-5-4-14(10-18(19)23)15-8-16(24)11-17(9-15)29-2;1-20-13(21)16(19-14(20)18)8-15(5-2-6-22-9-15)23-12-4-3-10(17)7-11(12)16;1-12-7-3-5(8(10)11)2-6(9)4-7/h2*4-5,8-11H,3,6-7,12-13H2,1-2H3,(H2,25,26);3-4,7H,2,5-6,8-9H2,1H3,(H2,18,19);2-4,10-11H,1H3/t22-,23+;22-,23-;;/m10../s1. The van der Waals surface area contributed by atoms with Gasteiger partial charge in [0.15, 0.2) is 34.5 Å². The number of halogens is 4. The van der Waals surface area contributed by atoms with Crippen molar-refractivity contribution < 1.29 is 67.1 Å². The summed E-state index contributed by atoms with van der Waals surface area (Å²) in [6, 6.07) is 32.9. The van der Waals surface area contributed by atoms with E-state index in [-0.39, 0.29) is 35.6 Å². The van der Waals surface area contributed by atoms with Crippen LogP contribution in [0.25, 0.3) is 22.3 Å². The molecule has 0 bridgehead atoms. The van der Waals surface area contributed by atoms with Crippen LogP contribution in [0.15, 0.2) is 129 Å². The van der Waals surface area contributed by atoms with E-state index in [9.17, 15) is 14.4 Å². The molecule has 0 aliphatic carbocycles. The first-order chi connectivity index (χ1) is 46.3. The minimum atomic E-state index is -1.52. The predicted octanol–water partition coefficient (Wildman–Crippen LogP) is 8.45. The molecule has 510 valence electrons. The fraction of sp³-hybridized carbons (Fsp3) is 0.391. The molecule has 0 aromatic heterocycles. The predicted molar refractivity (Wildman–Crippen MR) is 371 cm³/mol. The van der Waals surface area contributed by atoms with E-state index in [1.165, 1.54) is 33.9 Å². The SMILES string of the molecule is CN1C(=O)C2(CC3(CCCOC3)Oc3ccc(Br)cc32)N=C1N.COc1cc(Cl)cc(-c2ccc3c(c2)[C@]2(C[C@@]4(CCCOC4)O3)N=C(N)N(C)C2=O)c1.COc1cc(Cl)cc(-c2ccc3c(c2)[C@]2(C[C@]4(CCCOC4)O3)N=C(N)N(C)C2=O)c1.COc1cc(Cl)cc(B(O)O)c1. The molecule has 0 radical (unpaired) electrons. The number of methoxy groups -OCH3 is 3. The van der Waals surface area contributed by atoms with Gasteiger partial charge in [-0.1, -0.05) is 62.9 Å². The van der Waals surface area contributed by atoms with Crippen LogP contribution in [-0.2, 0) is 45.2 Å². The summed E-state index contributed by atoms with van der Waals surface area (Å²) in [5.74, 6) is 4.02. The van der Waals surface area contributed by atoms with Gasteiger partial charge >= 0.3 is 7.12 Å². The third-order valence-corrected chi connectivity index (χ3v) is 20.2. The smallest absolute Gasteiger partial charge is 0.488 e. The van der Waals surface area contributed by atoms with E-state index in [1.54, 1.807) is 53.6 Å². The van der Waals surface area contributed by atoms with Gasteiger partial charge in [-0.2, -0.15) is 0 Å². The number of amides is 3. The van der Waals surface area contributed by atoms with Crippen LogP contribution >= 0.6 is 50.7 Å². The Kier molecular flexibility index (Phi) is 19.3. The molecule has 9 aliphatic rings. The van der Waals surface area contributed by atoms with E-state index in [0.29, 0.717) is 118 Å². The number of nitrogens with two attached hydrogens (primary N) is 3. The molecule has 15 rings (SSSR count). The summed E-state index contributed by atoms with van der Waals surface area (Å²) in [6.45, 7) is 3.43. The number of ether oxygens (including phenoxy) is 9. The highest BCUT2D eigenvalue weighted by atomic mass is 79.9. The molecule has 6 aromatic rings. The van der Waals surface area contributed by atoms with Crippen LogP contribution in [0.3, 0.4) is 0 Å². The van der Waals surface area contributed by atoms with Gasteiger partial charge < -0.3 is 69.9 Å². The Labute approximate surface area is 584 Å². The third kappa shape index (κ3) is 13.1. The van der Waals surface area contributed by atoms with Gasteiger partial charge in [-0.3, -0.25) is 29.1 Å². The molecule has 23 nitrogen and oxygen atoms in total. The number of hydrogen-bond acceptors (Lipinski definition) is 20. The molecule has 0 saturated carbocycles. The topological polar surface area (TPSA) is 300 Å². The Morgan fingerprint density at radius 1 is 0.474 bits per heavy atom. The summed E-state index contributed by atoms with van der Waals surface area (Å²) in [5, 5.41) is 19.2. The van der Waals surface area contributed by atoms with Gasteiger partial charge in [0.05, 0.1) is 41.2 Å². The zero-order chi connectivity index (χ0) is 69.0. The lowest BCUT2D eigenvalue weighted by atomic mass is 9.74. The van der Waals surface area contributed by atoms with E-state index in [4.69, 9.17) is 115 Å². The Hall–Kier alpha value is -7.85. The molecule has 2 unspecified atom stereocenters. The lowest BCUT2D eigenvalue weighted by Crippen LogP contribution is -2.55. The molecular formula is C69H74BBrCl3N9O14. The summed E-state index contributed by atoms with van der Waals surface area (Å²) in [5.41, 5.74) is 19.2. The quantitative estimate of drug-likeness (QED) is 0.0977. The second-order valence-corrected chi connectivity index (χ2v) is 27.8. The minimum absolute atomic E-state index is 0.109. The van der Waals surface area contributed by atoms with Crippen molar-refractivity contribution in [2.75, 3.05) is 82.1 Å². The summed E-state index contributed by atoms with van der Waals surface area (Å²) in [7, 11) is 8.13. The second kappa shape index (κ2) is 27.1. The number of carbonyl (C=O) groups is 3. The van der Waals surface area contributed by atoms with Crippen molar-refractivity contribution in [1.29, 1.82) is 0 Å². The van der Waals surface area contributed by atoms with Gasteiger partial charge in [0.2, 0.25) is 0 Å². The Balaban J connectivity index is 0.000000129. The number of benzene rings is 6. The van der Waals surface area contributed by atoms with Crippen LogP contribution in [0, 0.1) is 0 Å². The van der Waals surface area contributed by atoms with Crippen molar-refractivity contribution in [2.45, 2.75) is 91.2 Å². The molecule has 97 heavy (non-hydrogen) atoms. The average molecular weight is 1450 g/mol. The summed E-state index contributed by atoms with van der Waals surface area (Å²) in [4.78, 5) is 58.2. The zero-order valence-electron chi connectivity index (χ0n) is 54.3. The van der Waals surface area contributed by atoms with Gasteiger partial charge in [-0.15, -0.1) is 0 Å². The first-order valence-electron chi connectivity index (χ1n) is 31.5. The summed E-state index contributed by atoms with van der Waals surface area (Å²) < 4.78 is 52.9. The van der Waals surface area contributed by atoms with Gasteiger partial charge in [-0.05, 0) is 163 Å². The van der Waals surface area contributed by atoms with E-state index in [2.05, 4.69) is 20.9 Å². The first-order valence-corrected chi connectivity index (χ1v) is 33.4. The number of nitrogens with zero attached hydrogens (tertiary/aromatic N) is 6. The maximum Gasteiger partial charge on any atom is 0.488 e. The highest BCUT2D eigenvalue weighted by Crippen LogP contribution is 2.55. The number of carbonyl (C=O) groups excluding carboxylic acids is 3. The fourth-order valence-electron chi connectivity index (χ4n) is 14.3. The van der Waals surface area contributed by atoms with Crippen LogP contribution in [0.1, 0.15) is 74.5 Å². The Morgan fingerprint density at radius 3 is 1.13 bits per heavy atom. The minimum Gasteiger partial charge on any atom is -0.497 e. The molecule has 28 heteroatoms. The van der Waals surface area contributed by atoms with Crippen molar-refractivity contribution in [3.8, 4) is 56.8 Å². The van der Waals surface area contributed by atoms with Gasteiger partial charge in [-0.25, -0.2) is 15.0 Å². The molecule has 6 aromatic carbocycles. The van der Waals surface area contributed by atoms with E-state index >= 15 is 0 Å². The highest BCUT2D eigenvalue weighted by molar-refractivity contribution is 9.10. The molecule has 8 N–H and O–H groups in total. The van der Waals surface area contributed by atoms with E-state index in [1.807, 2.05) is 78.9 Å². The first kappa shape index (κ1) is 69.1. The maximum atomic E-state index is 13.5. The fourth-order valence-corrected chi connectivity index (χ4v) is 15.4. The van der Waals surface area contributed by atoms with Crippen LogP contribution in [0.2, 0.25) is 15.1 Å². The largest absolute Gasteiger partial charge is 0.497 e. The molecule has 3 saturated heterocycles. The molecule has 3 fully saturated rings. The van der Waals surface area contributed by atoms with Crippen LogP contribution in [-0.4, -0.2) is 166 Å². The monoisotopic (exact) mass is 1450 g/mol. The average Bonchev–Trinajstić information content (AvgIpc) is 1.68. The molecule has 6 spiro atoms. The van der Waals surface area contributed by atoms with Crippen molar-refractivity contribution in [3.63, 3.8) is 0 Å². The van der Waals surface area contributed by atoms with Crippen LogP contribution in [0.4, 0.5) is 0 Å². The van der Waals surface area contributed by atoms with Crippen molar-refractivity contribution >= 4 is 98.9 Å². The number of guanidine groups is 3. The molecule has 9 aliphatic heterocycles. The Morgan fingerprint density at radius 2 is 0.814 bits per heavy atom. The summed E-state index contributed by atoms with van der Waals surface area (Å²) >= 11 is 21.7. The van der Waals surface area contributed by atoms with Gasteiger partial charge in [0.25, 0.3) is 17.7 Å². The zero-order valence-corrected chi connectivity index (χ0v) is 58.2. The number of likely N-dealkylation sites (N-methyl/N-ethyl adjacent to an activating group) is 3. The van der Waals surface area contributed by atoms with Crippen LogP contribution in [0.5, 0.6) is 34.5 Å². The number of hydrogen-bond donors (Lipinski definition) is 5. The highest BCUT2D eigenvalue weighted by Gasteiger charge is 2.61. The summed E-state index contributed by atoms with van der Waals surface area (Å²) in [6.07, 6.45) is 6.32. The second-order valence-electron chi connectivity index (χ2n) is 25.6. The van der Waals surface area contributed by atoms with Crippen molar-refractivity contribution in [2.24, 2.45) is 32.2 Å². The van der Waals surface area contributed by atoms with E-state index in [0.717, 1.165) is 77.4 Å². The maximum absolute atomic E-state index is 13.5. The number of fused-ring (bicyclic) bond motifs is 6. The molecule has 9 heterocycles. The normalized spacial score (nSPS) is 26.4. The third-order valence-electron chi connectivity index (χ3n) is 19.0. The molecule has 3 amide bonds. The van der Waals surface area contributed by atoms with Crippen molar-refractivity contribution in [3.05, 3.63) is 145 Å². The van der Waals surface area contributed by atoms with E-state index < -0.39 is 40.5 Å². The van der Waals surface area contributed by atoms with Gasteiger partial charge in [0, 0.05) is 96.5 Å². The van der Waals surface area contributed by atoms with Crippen LogP contribution < -0.4 is 51.1 Å². The van der Waals surface area contributed by atoms with Crippen molar-refractivity contribution in [1.82, 2.24) is 14.7 Å².